The molecule has 2 aliphatic heterocycles. The van der Waals surface area contributed by atoms with Crippen molar-refractivity contribution in [1.82, 2.24) is 0 Å². The van der Waals surface area contributed by atoms with Gasteiger partial charge in [0, 0.05) is 5.56 Å². The molecule has 68 valence electrons. The Balaban J connectivity index is 2.11. The molecule has 2 heterocycles. The zero-order chi connectivity index (χ0) is 9.05. The molecule has 0 bridgehead atoms. The van der Waals surface area contributed by atoms with Crippen LogP contribution in [0.4, 0.5) is 0 Å². The van der Waals surface area contributed by atoms with Gasteiger partial charge in [0.2, 0.25) is 0 Å². The van der Waals surface area contributed by atoms with Crippen LogP contribution in [0.1, 0.15) is 25.5 Å². The summed E-state index contributed by atoms with van der Waals surface area (Å²) in [5.74, 6) is 0.978. The maximum Gasteiger partial charge on any atom is 0.132 e. The SMILES string of the molecule is CC1(C)Oc2ccccc2[C@H]2O[C@H]21. The number of fused-ring (bicyclic) bond motifs is 3. The lowest BCUT2D eigenvalue weighted by Gasteiger charge is -2.29. The minimum Gasteiger partial charge on any atom is -0.485 e. The van der Waals surface area contributed by atoms with Crippen LogP contribution in [0.5, 0.6) is 5.75 Å². The average Bonchev–Trinajstić information content (AvgIpc) is 2.83. The van der Waals surface area contributed by atoms with Gasteiger partial charge in [0.15, 0.2) is 0 Å². The van der Waals surface area contributed by atoms with E-state index in [2.05, 4.69) is 19.9 Å². The predicted molar refractivity (Wildman–Crippen MR) is 48.8 cm³/mol. The maximum absolute atomic E-state index is 5.85. The van der Waals surface area contributed by atoms with Gasteiger partial charge < -0.3 is 9.47 Å². The van der Waals surface area contributed by atoms with Gasteiger partial charge in [-0.05, 0) is 19.9 Å². The van der Waals surface area contributed by atoms with E-state index in [9.17, 15) is 0 Å². The lowest BCUT2D eigenvalue weighted by molar-refractivity contribution is 0.0725. The van der Waals surface area contributed by atoms with E-state index in [0.717, 1.165) is 5.75 Å². The fourth-order valence-corrected chi connectivity index (χ4v) is 2.03. The summed E-state index contributed by atoms with van der Waals surface area (Å²) in [5.41, 5.74) is 1.03. The highest BCUT2D eigenvalue weighted by Gasteiger charge is 2.56. The van der Waals surface area contributed by atoms with Gasteiger partial charge in [-0.1, -0.05) is 18.2 Å². The standard InChI is InChI=1S/C11H12O2/c1-11(2)10-9(12-10)7-5-3-4-6-8(7)13-11/h3-6,9-10H,1-2H3/t9-,10-/m1/s1. The smallest absolute Gasteiger partial charge is 0.132 e. The van der Waals surface area contributed by atoms with Gasteiger partial charge in [0.25, 0.3) is 0 Å². The largest absolute Gasteiger partial charge is 0.485 e. The third-order valence-electron chi connectivity index (χ3n) is 2.78. The zero-order valence-electron chi connectivity index (χ0n) is 7.78. The lowest BCUT2D eigenvalue weighted by atomic mass is 9.94. The summed E-state index contributed by atoms with van der Waals surface area (Å²) in [6, 6.07) is 8.11. The predicted octanol–water partition coefficient (Wildman–Crippen LogP) is 2.30. The molecule has 1 aromatic rings. The van der Waals surface area contributed by atoms with Gasteiger partial charge in [0.05, 0.1) is 0 Å². The average molecular weight is 176 g/mol. The van der Waals surface area contributed by atoms with Crippen LogP contribution in [-0.2, 0) is 4.74 Å². The molecular weight excluding hydrogens is 164 g/mol. The number of benzene rings is 1. The highest BCUT2D eigenvalue weighted by molar-refractivity contribution is 5.41. The van der Waals surface area contributed by atoms with Crippen LogP contribution in [0.2, 0.25) is 0 Å². The molecule has 0 amide bonds. The second kappa shape index (κ2) is 2.07. The molecule has 3 rings (SSSR count). The van der Waals surface area contributed by atoms with Gasteiger partial charge in [-0.15, -0.1) is 0 Å². The maximum atomic E-state index is 5.85. The first-order valence-corrected chi connectivity index (χ1v) is 4.62. The van der Waals surface area contributed by atoms with E-state index in [-0.39, 0.29) is 17.8 Å². The van der Waals surface area contributed by atoms with E-state index < -0.39 is 0 Å². The minimum absolute atomic E-state index is 0.168. The van der Waals surface area contributed by atoms with Crippen molar-refractivity contribution in [2.75, 3.05) is 0 Å². The van der Waals surface area contributed by atoms with Crippen molar-refractivity contribution in [3.05, 3.63) is 29.8 Å². The van der Waals surface area contributed by atoms with Gasteiger partial charge in [0.1, 0.15) is 23.6 Å². The molecule has 1 fully saturated rings. The Morgan fingerprint density at radius 1 is 1.23 bits per heavy atom. The van der Waals surface area contributed by atoms with Crippen LogP contribution in [0.3, 0.4) is 0 Å². The number of rotatable bonds is 0. The molecule has 0 aromatic heterocycles. The Kier molecular flexibility index (Phi) is 1.18. The molecule has 2 nitrogen and oxygen atoms in total. The highest BCUT2D eigenvalue weighted by Crippen LogP contribution is 2.53. The van der Waals surface area contributed by atoms with E-state index >= 15 is 0 Å². The van der Waals surface area contributed by atoms with Crippen LogP contribution < -0.4 is 4.74 Å². The van der Waals surface area contributed by atoms with E-state index in [1.54, 1.807) is 0 Å². The van der Waals surface area contributed by atoms with E-state index in [1.165, 1.54) is 5.56 Å². The summed E-state index contributed by atoms with van der Waals surface area (Å²) < 4.78 is 11.4. The molecule has 0 spiro atoms. The third kappa shape index (κ3) is 0.923. The third-order valence-corrected chi connectivity index (χ3v) is 2.78. The molecule has 0 aliphatic carbocycles. The highest BCUT2D eigenvalue weighted by atomic mass is 16.6. The van der Waals surface area contributed by atoms with Crippen molar-refractivity contribution < 1.29 is 9.47 Å². The van der Waals surface area contributed by atoms with Crippen molar-refractivity contribution in [2.24, 2.45) is 0 Å². The summed E-state index contributed by atoms with van der Waals surface area (Å²) in [6.07, 6.45) is 0.530. The fraction of sp³-hybridized carbons (Fsp3) is 0.455. The van der Waals surface area contributed by atoms with Crippen LogP contribution in [0.15, 0.2) is 24.3 Å². The summed E-state index contributed by atoms with van der Waals surface area (Å²) in [5, 5.41) is 0. The van der Waals surface area contributed by atoms with Crippen LogP contribution in [0.25, 0.3) is 0 Å². The van der Waals surface area contributed by atoms with Gasteiger partial charge in [-0.2, -0.15) is 0 Å². The van der Waals surface area contributed by atoms with Crippen molar-refractivity contribution in [1.29, 1.82) is 0 Å². The first kappa shape index (κ1) is 7.39. The van der Waals surface area contributed by atoms with Crippen molar-refractivity contribution in [2.45, 2.75) is 31.7 Å². The van der Waals surface area contributed by atoms with E-state index in [0.29, 0.717) is 0 Å². The zero-order valence-corrected chi connectivity index (χ0v) is 7.78. The van der Waals surface area contributed by atoms with Gasteiger partial charge in [-0.25, -0.2) is 0 Å². The summed E-state index contributed by atoms with van der Waals surface area (Å²) in [7, 11) is 0. The molecule has 2 atom stereocenters. The Bertz CT molecular complexity index is 357. The summed E-state index contributed by atoms with van der Waals surface area (Å²) in [4.78, 5) is 0. The van der Waals surface area contributed by atoms with E-state index in [4.69, 9.17) is 9.47 Å². The van der Waals surface area contributed by atoms with Gasteiger partial charge in [-0.3, -0.25) is 0 Å². The quantitative estimate of drug-likeness (QED) is 0.566. The number of hydrogen-bond acceptors (Lipinski definition) is 2. The molecule has 13 heavy (non-hydrogen) atoms. The molecule has 0 unspecified atom stereocenters. The molecule has 2 heteroatoms. The minimum atomic E-state index is -0.168. The second-order valence-corrected chi connectivity index (χ2v) is 4.22. The fourth-order valence-electron chi connectivity index (χ4n) is 2.03. The van der Waals surface area contributed by atoms with Crippen molar-refractivity contribution in [3.63, 3.8) is 0 Å². The van der Waals surface area contributed by atoms with Gasteiger partial charge >= 0.3 is 0 Å². The number of ether oxygens (including phenoxy) is 2. The number of para-hydroxylation sites is 1. The Labute approximate surface area is 77.5 Å². The Hall–Kier alpha value is -1.02. The normalized spacial score (nSPS) is 32.8. The number of epoxide rings is 1. The summed E-state index contributed by atoms with van der Waals surface area (Å²) in [6.45, 7) is 4.15. The monoisotopic (exact) mass is 176 g/mol. The lowest BCUT2D eigenvalue weighted by Crippen LogP contribution is -2.37. The summed E-state index contributed by atoms with van der Waals surface area (Å²) >= 11 is 0. The van der Waals surface area contributed by atoms with Crippen LogP contribution in [0, 0.1) is 0 Å². The molecule has 0 radical (unpaired) electrons. The number of hydrogen-bond donors (Lipinski definition) is 0. The Morgan fingerprint density at radius 3 is 2.85 bits per heavy atom. The topological polar surface area (TPSA) is 21.8 Å². The van der Waals surface area contributed by atoms with Crippen molar-refractivity contribution in [3.8, 4) is 5.75 Å². The molecule has 0 saturated carbocycles. The molecule has 1 aromatic carbocycles. The molecule has 2 aliphatic rings. The van der Waals surface area contributed by atoms with Crippen molar-refractivity contribution >= 4 is 0 Å². The molecular formula is C11H12O2. The Morgan fingerprint density at radius 2 is 2.00 bits per heavy atom. The van der Waals surface area contributed by atoms with Crippen LogP contribution in [-0.4, -0.2) is 11.7 Å². The second-order valence-electron chi connectivity index (χ2n) is 4.22. The molecule has 0 N–H and O–H groups in total. The first-order chi connectivity index (χ1) is 6.18. The van der Waals surface area contributed by atoms with Crippen LogP contribution >= 0.6 is 0 Å². The van der Waals surface area contributed by atoms with E-state index in [1.807, 2.05) is 18.2 Å². The molecule has 1 saturated heterocycles. The first-order valence-electron chi connectivity index (χ1n) is 4.62.